The maximum Gasteiger partial charge on any atom is 0.293 e. The highest BCUT2D eigenvalue weighted by Gasteiger charge is 2.32. The van der Waals surface area contributed by atoms with Crippen molar-refractivity contribution in [2.45, 2.75) is 50.6 Å². The molecule has 2 atom stereocenters. The number of carbonyl (C=O) groups is 1. The summed E-state index contributed by atoms with van der Waals surface area (Å²) in [6.45, 7) is 2.74. The number of hydrogen-bond donors (Lipinski definition) is 2. The summed E-state index contributed by atoms with van der Waals surface area (Å²) in [7, 11) is 0. The Labute approximate surface area is 106 Å². The van der Waals surface area contributed by atoms with Crippen LogP contribution in [-0.4, -0.2) is 44.6 Å². The first-order valence-electron chi connectivity index (χ1n) is 6.64. The number of nitrogens with one attached hydrogen (secondary N) is 1. The Morgan fingerprint density at radius 3 is 2.89 bits per heavy atom. The standard InChI is InChI=1S/C12H19N5O/c1-7-6-9(13)4-5-17(7)12(18)11-14-10(15-16-11)8-2-3-8/h7-9H,2-6,13H2,1H3,(H,14,15,16). The van der Waals surface area contributed by atoms with E-state index < -0.39 is 0 Å². The Kier molecular flexibility index (Phi) is 2.81. The molecule has 1 aromatic rings. The van der Waals surface area contributed by atoms with E-state index in [9.17, 15) is 4.79 Å². The zero-order valence-electron chi connectivity index (χ0n) is 10.6. The number of hydrogen-bond acceptors (Lipinski definition) is 4. The van der Waals surface area contributed by atoms with Crippen LogP contribution in [0.5, 0.6) is 0 Å². The summed E-state index contributed by atoms with van der Waals surface area (Å²) in [6, 6.07) is 0.377. The fraction of sp³-hybridized carbons (Fsp3) is 0.750. The van der Waals surface area contributed by atoms with E-state index in [1.54, 1.807) is 0 Å². The second kappa shape index (κ2) is 4.35. The van der Waals surface area contributed by atoms with Crippen LogP contribution in [0.25, 0.3) is 0 Å². The molecule has 3 rings (SSSR count). The Hall–Kier alpha value is -1.43. The lowest BCUT2D eigenvalue weighted by molar-refractivity contribution is 0.0607. The van der Waals surface area contributed by atoms with E-state index in [0.717, 1.165) is 31.5 Å². The van der Waals surface area contributed by atoms with Gasteiger partial charge in [0.1, 0.15) is 5.82 Å². The average Bonchev–Trinajstić information content (AvgIpc) is 3.06. The van der Waals surface area contributed by atoms with E-state index in [1.165, 1.54) is 0 Å². The summed E-state index contributed by atoms with van der Waals surface area (Å²) in [5.41, 5.74) is 5.90. The summed E-state index contributed by atoms with van der Waals surface area (Å²) in [5, 5.41) is 6.93. The first-order valence-corrected chi connectivity index (χ1v) is 6.64. The third-order valence-electron chi connectivity index (χ3n) is 3.84. The van der Waals surface area contributed by atoms with Crippen molar-refractivity contribution in [3.8, 4) is 0 Å². The lowest BCUT2D eigenvalue weighted by Crippen LogP contribution is -2.48. The van der Waals surface area contributed by atoms with E-state index in [4.69, 9.17) is 5.73 Å². The van der Waals surface area contributed by atoms with Crippen LogP contribution in [0.1, 0.15) is 55.0 Å². The smallest absolute Gasteiger partial charge is 0.293 e. The third kappa shape index (κ3) is 2.12. The Balaban J connectivity index is 1.72. The number of piperidine rings is 1. The molecular formula is C12H19N5O. The van der Waals surface area contributed by atoms with Crippen molar-refractivity contribution in [1.29, 1.82) is 0 Å². The predicted octanol–water partition coefficient (Wildman–Crippen LogP) is 0.634. The number of aromatic amines is 1. The van der Waals surface area contributed by atoms with Crippen molar-refractivity contribution in [3.63, 3.8) is 0 Å². The minimum Gasteiger partial charge on any atom is -0.333 e. The molecule has 0 spiro atoms. The molecule has 2 unspecified atom stereocenters. The van der Waals surface area contributed by atoms with Crippen molar-refractivity contribution in [1.82, 2.24) is 20.1 Å². The van der Waals surface area contributed by atoms with E-state index in [-0.39, 0.29) is 18.0 Å². The Morgan fingerprint density at radius 1 is 1.44 bits per heavy atom. The van der Waals surface area contributed by atoms with Crippen LogP contribution in [0.3, 0.4) is 0 Å². The maximum absolute atomic E-state index is 12.3. The summed E-state index contributed by atoms with van der Waals surface area (Å²) in [5.74, 6) is 1.59. The van der Waals surface area contributed by atoms with E-state index in [1.807, 2.05) is 11.8 Å². The van der Waals surface area contributed by atoms with Crippen molar-refractivity contribution >= 4 is 5.91 Å². The number of nitrogens with two attached hydrogens (primary N) is 1. The highest BCUT2D eigenvalue weighted by atomic mass is 16.2. The topological polar surface area (TPSA) is 87.9 Å². The van der Waals surface area contributed by atoms with Crippen LogP contribution in [0.15, 0.2) is 0 Å². The summed E-state index contributed by atoms with van der Waals surface area (Å²) in [6.07, 6.45) is 4.01. The number of amides is 1. The highest BCUT2D eigenvalue weighted by molar-refractivity contribution is 5.90. The maximum atomic E-state index is 12.3. The first kappa shape index (κ1) is 11.6. The minimum atomic E-state index is -0.0717. The molecule has 2 fully saturated rings. The van der Waals surface area contributed by atoms with E-state index >= 15 is 0 Å². The number of rotatable bonds is 2. The fourth-order valence-corrected chi connectivity index (χ4v) is 2.55. The quantitative estimate of drug-likeness (QED) is 0.805. The fourth-order valence-electron chi connectivity index (χ4n) is 2.55. The Morgan fingerprint density at radius 2 is 2.22 bits per heavy atom. The molecule has 1 aliphatic carbocycles. The number of likely N-dealkylation sites (tertiary alicyclic amines) is 1. The normalized spacial score (nSPS) is 28.4. The van der Waals surface area contributed by atoms with E-state index in [0.29, 0.717) is 18.3 Å². The molecule has 6 nitrogen and oxygen atoms in total. The molecule has 18 heavy (non-hydrogen) atoms. The molecule has 3 N–H and O–H groups in total. The average molecular weight is 249 g/mol. The predicted molar refractivity (Wildman–Crippen MR) is 66.1 cm³/mol. The highest BCUT2D eigenvalue weighted by Crippen LogP contribution is 2.37. The molecule has 6 heteroatoms. The molecule has 2 heterocycles. The largest absolute Gasteiger partial charge is 0.333 e. The van der Waals surface area contributed by atoms with Gasteiger partial charge in [-0.3, -0.25) is 9.89 Å². The number of carbonyl (C=O) groups excluding carboxylic acids is 1. The third-order valence-corrected chi connectivity index (χ3v) is 3.84. The van der Waals surface area contributed by atoms with Gasteiger partial charge in [-0.25, -0.2) is 4.98 Å². The van der Waals surface area contributed by atoms with E-state index in [2.05, 4.69) is 15.2 Å². The SMILES string of the molecule is CC1CC(N)CCN1C(=O)c1n[nH]c(C2CC2)n1. The molecule has 1 aliphatic heterocycles. The van der Waals surface area contributed by atoms with Gasteiger partial charge in [0.25, 0.3) is 5.91 Å². The van der Waals surface area contributed by atoms with Crippen molar-refractivity contribution in [2.24, 2.45) is 5.73 Å². The van der Waals surface area contributed by atoms with Gasteiger partial charge in [0.15, 0.2) is 0 Å². The molecule has 1 aromatic heterocycles. The van der Waals surface area contributed by atoms with Gasteiger partial charge in [-0.05, 0) is 32.6 Å². The summed E-state index contributed by atoms with van der Waals surface area (Å²) >= 11 is 0. The Bertz CT molecular complexity index is 453. The van der Waals surface area contributed by atoms with Crippen LogP contribution in [0.4, 0.5) is 0 Å². The molecule has 1 amide bonds. The van der Waals surface area contributed by atoms with Gasteiger partial charge in [-0.2, -0.15) is 0 Å². The minimum absolute atomic E-state index is 0.0717. The van der Waals surface area contributed by atoms with Gasteiger partial charge in [0.2, 0.25) is 5.82 Å². The number of aromatic nitrogens is 3. The van der Waals surface area contributed by atoms with Gasteiger partial charge < -0.3 is 10.6 Å². The summed E-state index contributed by atoms with van der Waals surface area (Å²) < 4.78 is 0. The number of H-pyrrole nitrogens is 1. The van der Waals surface area contributed by atoms with Crippen molar-refractivity contribution < 1.29 is 4.79 Å². The monoisotopic (exact) mass is 249 g/mol. The molecule has 1 saturated heterocycles. The zero-order valence-corrected chi connectivity index (χ0v) is 10.6. The molecule has 0 radical (unpaired) electrons. The summed E-state index contributed by atoms with van der Waals surface area (Å²) in [4.78, 5) is 18.5. The van der Waals surface area contributed by atoms with Crippen LogP contribution < -0.4 is 5.73 Å². The molecular weight excluding hydrogens is 230 g/mol. The van der Waals surface area contributed by atoms with Crippen LogP contribution >= 0.6 is 0 Å². The molecule has 0 aromatic carbocycles. The first-order chi connectivity index (χ1) is 8.65. The van der Waals surface area contributed by atoms with Crippen LogP contribution in [0.2, 0.25) is 0 Å². The number of nitrogens with zero attached hydrogens (tertiary/aromatic N) is 3. The van der Waals surface area contributed by atoms with Gasteiger partial charge in [0.05, 0.1) is 0 Å². The van der Waals surface area contributed by atoms with Crippen LogP contribution in [-0.2, 0) is 0 Å². The molecule has 0 bridgehead atoms. The van der Waals surface area contributed by atoms with Gasteiger partial charge in [0, 0.05) is 24.5 Å². The van der Waals surface area contributed by atoms with Crippen molar-refractivity contribution in [3.05, 3.63) is 11.6 Å². The molecule has 1 saturated carbocycles. The second-order valence-electron chi connectivity index (χ2n) is 5.45. The molecule has 98 valence electrons. The molecule has 2 aliphatic rings. The van der Waals surface area contributed by atoms with Gasteiger partial charge in [-0.1, -0.05) is 0 Å². The lowest BCUT2D eigenvalue weighted by atomic mass is 9.99. The second-order valence-corrected chi connectivity index (χ2v) is 5.45. The lowest BCUT2D eigenvalue weighted by Gasteiger charge is -2.35. The van der Waals surface area contributed by atoms with Crippen LogP contribution in [0, 0.1) is 0 Å². The van der Waals surface area contributed by atoms with Gasteiger partial charge >= 0.3 is 0 Å². The zero-order chi connectivity index (χ0) is 12.7. The van der Waals surface area contributed by atoms with Crippen molar-refractivity contribution in [2.75, 3.05) is 6.54 Å². The van der Waals surface area contributed by atoms with Gasteiger partial charge in [-0.15, -0.1) is 5.10 Å².